The molecule has 0 saturated carbocycles. The van der Waals surface area contributed by atoms with E-state index in [0.717, 1.165) is 16.6 Å². The van der Waals surface area contributed by atoms with Gasteiger partial charge in [-0.25, -0.2) is 8.42 Å². The van der Waals surface area contributed by atoms with Crippen molar-refractivity contribution < 1.29 is 13.2 Å². The van der Waals surface area contributed by atoms with E-state index in [9.17, 15) is 13.2 Å². The molecule has 1 N–H and O–H groups in total. The lowest BCUT2D eigenvalue weighted by Gasteiger charge is -2.21. The Labute approximate surface area is 148 Å². The number of fused-ring (bicyclic) bond motifs is 1. The number of sulfone groups is 1. The number of benzene rings is 2. The van der Waals surface area contributed by atoms with Crippen LogP contribution in [-0.4, -0.2) is 40.2 Å². The Kier molecular flexibility index (Phi) is 4.56. The maximum atomic E-state index is 13.1. The third-order valence-corrected chi connectivity index (χ3v) is 6.74. The first-order chi connectivity index (χ1) is 11.9. The highest BCUT2D eigenvalue weighted by molar-refractivity contribution is 7.93. The lowest BCUT2D eigenvalue weighted by atomic mass is 10.0. The van der Waals surface area contributed by atoms with Gasteiger partial charge in [0.25, 0.3) is 0 Å². The van der Waals surface area contributed by atoms with E-state index in [1.807, 2.05) is 43.3 Å². The molecule has 2 aromatic carbocycles. The average Bonchev–Trinajstić information content (AvgIpc) is 3.00. The minimum Gasteiger partial charge on any atom is -0.377 e. The summed E-state index contributed by atoms with van der Waals surface area (Å²) in [6.07, 6.45) is 2.84. The fourth-order valence-electron chi connectivity index (χ4n) is 3.48. The average molecular weight is 358 g/mol. The summed E-state index contributed by atoms with van der Waals surface area (Å²) in [5.41, 5.74) is 2.06. The maximum Gasteiger partial charge on any atom is 0.238 e. The van der Waals surface area contributed by atoms with Crippen molar-refractivity contribution in [3.63, 3.8) is 0 Å². The highest BCUT2D eigenvalue weighted by atomic mass is 32.2. The SMILES string of the molecule is C=CCc1ccc2c(S(=O)(=O)C3CCNC3=O)cccc2c1N(C)C. The summed E-state index contributed by atoms with van der Waals surface area (Å²) in [6, 6.07) is 9.03. The topological polar surface area (TPSA) is 66.5 Å². The molecule has 1 saturated heterocycles. The van der Waals surface area contributed by atoms with Crippen molar-refractivity contribution >= 4 is 32.2 Å². The van der Waals surface area contributed by atoms with Gasteiger partial charge in [-0.15, -0.1) is 6.58 Å². The molecule has 6 heteroatoms. The summed E-state index contributed by atoms with van der Waals surface area (Å²) in [7, 11) is 0.142. The highest BCUT2D eigenvalue weighted by Gasteiger charge is 2.38. The van der Waals surface area contributed by atoms with E-state index >= 15 is 0 Å². The molecule has 5 nitrogen and oxygen atoms in total. The van der Waals surface area contributed by atoms with Gasteiger partial charge in [-0.1, -0.05) is 30.3 Å². The van der Waals surface area contributed by atoms with Gasteiger partial charge in [-0.3, -0.25) is 4.79 Å². The van der Waals surface area contributed by atoms with Gasteiger partial charge in [-0.2, -0.15) is 0 Å². The summed E-state index contributed by atoms with van der Waals surface area (Å²) in [5.74, 6) is -0.409. The normalized spacial score (nSPS) is 17.5. The molecule has 1 aliphatic rings. The minimum atomic E-state index is -3.73. The predicted octanol–water partition coefficient (Wildman–Crippen LogP) is 2.30. The molecule has 1 atom stereocenters. The number of nitrogens with zero attached hydrogens (tertiary/aromatic N) is 1. The number of hydrogen-bond acceptors (Lipinski definition) is 4. The molecule has 0 spiro atoms. The Morgan fingerprint density at radius 2 is 2.00 bits per heavy atom. The van der Waals surface area contributed by atoms with Crippen molar-refractivity contribution in [2.75, 3.05) is 25.5 Å². The molecule has 0 aromatic heterocycles. The zero-order valence-electron chi connectivity index (χ0n) is 14.5. The molecule has 25 heavy (non-hydrogen) atoms. The Morgan fingerprint density at radius 3 is 2.60 bits per heavy atom. The summed E-state index contributed by atoms with van der Waals surface area (Å²) in [4.78, 5) is 14.1. The van der Waals surface area contributed by atoms with Crippen LogP contribution in [0, 0.1) is 0 Å². The van der Waals surface area contributed by atoms with Crippen LogP contribution < -0.4 is 10.2 Å². The first kappa shape index (κ1) is 17.5. The van der Waals surface area contributed by atoms with Crippen molar-refractivity contribution in [1.29, 1.82) is 0 Å². The molecule has 132 valence electrons. The van der Waals surface area contributed by atoms with Crippen LogP contribution in [0.25, 0.3) is 10.8 Å². The van der Waals surface area contributed by atoms with Crippen molar-refractivity contribution in [1.82, 2.24) is 5.32 Å². The van der Waals surface area contributed by atoms with Crippen LogP contribution in [0.2, 0.25) is 0 Å². The molecule has 1 unspecified atom stereocenters. The van der Waals surface area contributed by atoms with E-state index in [2.05, 4.69) is 11.9 Å². The van der Waals surface area contributed by atoms with Crippen LogP contribution in [0.3, 0.4) is 0 Å². The number of amides is 1. The summed E-state index contributed by atoms with van der Waals surface area (Å²) < 4.78 is 26.1. The molecule has 1 aliphatic heterocycles. The number of carbonyl (C=O) groups is 1. The second kappa shape index (κ2) is 6.52. The predicted molar refractivity (Wildman–Crippen MR) is 101 cm³/mol. The first-order valence-corrected chi connectivity index (χ1v) is 9.77. The van der Waals surface area contributed by atoms with Crippen LogP contribution in [-0.2, 0) is 21.1 Å². The number of allylic oxidation sites excluding steroid dienone is 1. The van der Waals surface area contributed by atoms with Gasteiger partial charge >= 0.3 is 0 Å². The van der Waals surface area contributed by atoms with Crippen molar-refractivity contribution in [3.8, 4) is 0 Å². The Hall–Kier alpha value is -2.34. The number of hydrogen-bond donors (Lipinski definition) is 1. The van der Waals surface area contributed by atoms with Crippen LogP contribution in [0.4, 0.5) is 5.69 Å². The number of anilines is 1. The molecule has 2 aromatic rings. The van der Waals surface area contributed by atoms with Crippen LogP contribution >= 0.6 is 0 Å². The lowest BCUT2D eigenvalue weighted by Crippen LogP contribution is -2.30. The number of rotatable bonds is 5. The van der Waals surface area contributed by atoms with E-state index in [1.54, 1.807) is 12.1 Å². The van der Waals surface area contributed by atoms with Gasteiger partial charge < -0.3 is 10.2 Å². The minimum absolute atomic E-state index is 0.223. The van der Waals surface area contributed by atoms with Crippen molar-refractivity contribution in [2.45, 2.75) is 23.0 Å². The molecule has 0 aliphatic carbocycles. The van der Waals surface area contributed by atoms with E-state index in [4.69, 9.17) is 0 Å². The second-order valence-corrected chi connectivity index (χ2v) is 8.52. The molecule has 1 heterocycles. The molecular formula is C19H22N2O3S. The number of carbonyl (C=O) groups excluding carboxylic acids is 1. The van der Waals surface area contributed by atoms with Gasteiger partial charge in [-0.05, 0) is 24.5 Å². The van der Waals surface area contributed by atoms with Gasteiger partial charge in [0, 0.05) is 37.1 Å². The van der Waals surface area contributed by atoms with Crippen LogP contribution in [0.1, 0.15) is 12.0 Å². The molecule has 1 fully saturated rings. The van der Waals surface area contributed by atoms with Gasteiger partial charge in [0.2, 0.25) is 5.91 Å². The molecule has 0 radical (unpaired) electrons. The van der Waals surface area contributed by atoms with Gasteiger partial charge in [0.05, 0.1) is 4.90 Å². The smallest absolute Gasteiger partial charge is 0.238 e. The molecule has 1 amide bonds. The number of nitrogens with one attached hydrogen (secondary N) is 1. The molecular weight excluding hydrogens is 336 g/mol. The Bertz CT molecular complexity index is 949. The maximum absolute atomic E-state index is 13.1. The molecule has 3 rings (SSSR count). The third kappa shape index (κ3) is 2.91. The summed E-state index contributed by atoms with van der Waals surface area (Å²) in [6.45, 7) is 4.20. The summed E-state index contributed by atoms with van der Waals surface area (Å²) in [5, 5.41) is 3.12. The Morgan fingerprint density at radius 1 is 1.24 bits per heavy atom. The highest BCUT2D eigenvalue weighted by Crippen LogP contribution is 2.35. The van der Waals surface area contributed by atoms with Gasteiger partial charge in [0.15, 0.2) is 9.84 Å². The zero-order chi connectivity index (χ0) is 18.2. The van der Waals surface area contributed by atoms with E-state index in [-0.39, 0.29) is 4.90 Å². The quantitative estimate of drug-likeness (QED) is 0.833. The van der Waals surface area contributed by atoms with Crippen molar-refractivity contribution in [3.05, 3.63) is 48.6 Å². The van der Waals surface area contributed by atoms with Crippen molar-refractivity contribution in [2.24, 2.45) is 0 Å². The fraction of sp³-hybridized carbons (Fsp3) is 0.316. The van der Waals surface area contributed by atoms with Gasteiger partial charge in [0.1, 0.15) is 5.25 Å². The largest absolute Gasteiger partial charge is 0.377 e. The fourth-order valence-corrected chi connectivity index (χ4v) is 5.33. The first-order valence-electron chi connectivity index (χ1n) is 8.22. The lowest BCUT2D eigenvalue weighted by molar-refractivity contribution is -0.118. The monoisotopic (exact) mass is 358 g/mol. The van der Waals surface area contributed by atoms with E-state index in [0.29, 0.717) is 24.8 Å². The van der Waals surface area contributed by atoms with E-state index < -0.39 is 21.0 Å². The van der Waals surface area contributed by atoms with Crippen LogP contribution in [0.15, 0.2) is 47.9 Å². The Balaban J connectivity index is 2.26. The van der Waals surface area contributed by atoms with Crippen LogP contribution in [0.5, 0.6) is 0 Å². The standard InChI is InChI=1S/C19H22N2O3S/c1-4-6-13-9-10-14-15(18(13)21(2)3)7-5-8-16(14)25(23,24)17-11-12-20-19(17)22/h4-5,7-10,17H,1,6,11-12H2,2-3H3,(H,20,22). The van der Waals surface area contributed by atoms with E-state index in [1.165, 1.54) is 0 Å². The third-order valence-electron chi connectivity index (χ3n) is 4.57. The summed E-state index contributed by atoms with van der Waals surface area (Å²) >= 11 is 0. The zero-order valence-corrected chi connectivity index (χ0v) is 15.3. The second-order valence-electron chi connectivity index (χ2n) is 6.43. The molecule has 0 bridgehead atoms.